The zero-order valence-corrected chi connectivity index (χ0v) is 13.3. The predicted molar refractivity (Wildman–Crippen MR) is 89.7 cm³/mol. The Kier molecular flexibility index (Phi) is 3.58. The van der Waals surface area contributed by atoms with Crippen molar-refractivity contribution in [2.24, 2.45) is 0 Å². The summed E-state index contributed by atoms with van der Waals surface area (Å²) in [5.41, 5.74) is 1.36. The molecule has 0 saturated heterocycles. The van der Waals surface area contributed by atoms with E-state index >= 15 is 0 Å². The maximum Gasteiger partial charge on any atom is 0.161 e. The largest absolute Gasteiger partial charge is 0.226 e. The number of benzene rings is 2. The van der Waals surface area contributed by atoms with Gasteiger partial charge in [-0.2, -0.15) is 0 Å². The number of thioether (sulfide) groups is 1. The van der Waals surface area contributed by atoms with Crippen LogP contribution < -0.4 is 0 Å². The molecule has 0 radical (unpaired) electrons. The molecule has 1 aliphatic carbocycles. The third-order valence-corrected chi connectivity index (χ3v) is 5.36. The van der Waals surface area contributed by atoms with Crippen LogP contribution in [0, 0.1) is 0 Å². The van der Waals surface area contributed by atoms with E-state index in [-0.39, 0.29) is 0 Å². The van der Waals surface area contributed by atoms with Crippen LogP contribution in [0.5, 0.6) is 0 Å². The van der Waals surface area contributed by atoms with E-state index in [0.29, 0.717) is 11.3 Å². The lowest BCUT2D eigenvalue weighted by Crippen LogP contribution is -2.03. The van der Waals surface area contributed by atoms with Gasteiger partial charge in [0, 0.05) is 5.25 Å². The summed E-state index contributed by atoms with van der Waals surface area (Å²) in [6.07, 6.45) is 2.42. The molecule has 1 fully saturated rings. The Labute approximate surface area is 133 Å². The van der Waals surface area contributed by atoms with Crippen LogP contribution >= 0.6 is 11.8 Å². The van der Waals surface area contributed by atoms with Crippen molar-refractivity contribution < 1.29 is 0 Å². The summed E-state index contributed by atoms with van der Waals surface area (Å²) in [6.45, 7) is 2.25. The Morgan fingerprint density at radius 1 is 1.18 bits per heavy atom. The molecule has 1 saturated carbocycles. The first-order chi connectivity index (χ1) is 10.8. The lowest BCUT2D eigenvalue weighted by molar-refractivity contribution is 0.593. The first-order valence-corrected chi connectivity index (χ1v) is 8.73. The second-order valence-corrected chi connectivity index (χ2v) is 7.16. The Morgan fingerprint density at radius 2 is 2.00 bits per heavy atom. The molecule has 3 aromatic rings. The fraction of sp³-hybridized carbons (Fsp3) is 0.353. The molecule has 2 aromatic carbocycles. The van der Waals surface area contributed by atoms with Crippen molar-refractivity contribution in [3.8, 4) is 0 Å². The lowest BCUT2D eigenvalue weighted by atomic mass is 10.1. The monoisotopic (exact) mass is 310 g/mol. The fourth-order valence-corrected chi connectivity index (χ4v) is 3.59. The Balaban J connectivity index is 1.48. The minimum atomic E-state index is 0.425. The minimum absolute atomic E-state index is 0.425. The van der Waals surface area contributed by atoms with Crippen molar-refractivity contribution >= 4 is 22.5 Å². The second kappa shape index (κ2) is 5.72. The number of fused-ring (bicyclic) bond motifs is 1. The average Bonchev–Trinajstić information content (AvgIpc) is 3.30. The highest BCUT2D eigenvalue weighted by atomic mass is 32.2. The van der Waals surface area contributed by atoms with Crippen LogP contribution in [-0.2, 0) is 5.75 Å². The van der Waals surface area contributed by atoms with Crippen LogP contribution in [0.3, 0.4) is 0 Å². The van der Waals surface area contributed by atoms with Crippen molar-refractivity contribution in [2.75, 3.05) is 0 Å². The van der Waals surface area contributed by atoms with Gasteiger partial charge in [0.1, 0.15) is 0 Å². The molecule has 0 N–H and O–H groups in total. The van der Waals surface area contributed by atoms with Gasteiger partial charge in [-0.15, -0.1) is 16.9 Å². The number of hydrogen-bond acceptors (Lipinski definition) is 4. The van der Waals surface area contributed by atoms with E-state index in [0.717, 1.165) is 11.6 Å². The summed E-state index contributed by atoms with van der Waals surface area (Å²) in [5, 5.41) is 15.1. The number of rotatable bonds is 5. The van der Waals surface area contributed by atoms with Crippen LogP contribution in [0.15, 0.2) is 42.5 Å². The van der Waals surface area contributed by atoms with Gasteiger partial charge < -0.3 is 0 Å². The molecule has 5 heteroatoms. The molecule has 1 aromatic heterocycles. The quantitative estimate of drug-likeness (QED) is 0.710. The maximum absolute atomic E-state index is 4.17. The van der Waals surface area contributed by atoms with E-state index in [1.165, 1.54) is 29.2 Å². The topological polar surface area (TPSA) is 43.6 Å². The van der Waals surface area contributed by atoms with Crippen molar-refractivity contribution in [3.63, 3.8) is 0 Å². The SMILES string of the molecule is CC(SCc1nnnn1C1CC1)c1ccc2ccccc2c1. The van der Waals surface area contributed by atoms with Gasteiger partial charge in [-0.1, -0.05) is 42.5 Å². The first kappa shape index (κ1) is 13.8. The summed E-state index contributed by atoms with van der Waals surface area (Å²) < 4.78 is 2.00. The van der Waals surface area contributed by atoms with Gasteiger partial charge in [-0.3, -0.25) is 0 Å². The molecule has 1 unspecified atom stereocenters. The summed E-state index contributed by atoms with van der Waals surface area (Å²) in [4.78, 5) is 0. The van der Waals surface area contributed by atoms with Gasteiger partial charge in [0.25, 0.3) is 0 Å². The number of aromatic nitrogens is 4. The molecule has 0 amide bonds. The van der Waals surface area contributed by atoms with E-state index < -0.39 is 0 Å². The Bertz CT molecular complexity index is 794. The smallest absolute Gasteiger partial charge is 0.161 e. The molecular weight excluding hydrogens is 292 g/mol. The summed E-state index contributed by atoms with van der Waals surface area (Å²) >= 11 is 1.89. The molecule has 0 aliphatic heterocycles. The maximum atomic E-state index is 4.17. The van der Waals surface area contributed by atoms with Gasteiger partial charge in [-0.25, -0.2) is 4.68 Å². The third kappa shape index (κ3) is 2.73. The van der Waals surface area contributed by atoms with Crippen molar-refractivity contribution in [3.05, 3.63) is 53.9 Å². The van der Waals surface area contributed by atoms with Gasteiger partial charge in [0.2, 0.25) is 0 Å². The van der Waals surface area contributed by atoms with Gasteiger partial charge in [0.15, 0.2) is 5.82 Å². The molecule has 4 nitrogen and oxygen atoms in total. The number of hydrogen-bond donors (Lipinski definition) is 0. The molecular formula is C17H18N4S. The summed E-state index contributed by atoms with van der Waals surface area (Å²) in [7, 11) is 0. The van der Waals surface area contributed by atoms with Crippen LogP contribution in [-0.4, -0.2) is 20.2 Å². The predicted octanol–water partition coefficient (Wildman–Crippen LogP) is 4.16. The van der Waals surface area contributed by atoms with Crippen molar-refractivity contribution in [2.45, 2.75) is 36.8 Å². The Morgan fingerprint density at radius 3 is 2.82 bits per heavy atom. The minimum Gasteiger partial charge on any atom is -0.226 e. The molecule has 1 aliphatic rings. The van der Waals surface area contributed by atoms with Crippen molar-refractivity contribution in [1.29, 1.82) is 0 Å². The van der Waals surface area contributed by atoms with E-state index in [4.69, 9.17) is 0 Å². The molecule has 22 heavy (non-hydrogen) atoms. The zero-order valence-electron chi connectivity index (χ0n) is 12.5. The molecule has 112 valence electrons. The number of nitrogens with zero attached hydrogens (tertiary/aromatic N) is 4. The van der Waals surface area contributed by atoms with Gasteiger partial charge in [-0.05, 0) is 46.5 Å². The normalized spacial score (nSPS) is 16.0. The molecule has 4 rings (SSSR count). The lowest BCUT2D eigenvalue weighted by Gasteiger charge is -2.12. The first-order valence-electron chi connectivity index (χ1n) is 7.68. The zero-order chi connectivity index (χ0) is 14.9. The van der Waals surface area contributed by atoms with Crippen molar-refractivity contribution in [1.82, 2.24) is 20.2 Å². The van der Waals surface area contributed by atoms with Crippen LogP contribution in [0.1, 0.15) is 42.4 Å². The van der Waals surface area contributed by atoms with E-state index in [1.807, 2.05) is 16.4 Å². The average molecular weight is 310 g/mol. The third-order valence-electron chi connectivity index (χ3n) is 4.16. The standard InChI is InChI=1S/C17H18N4S/c1-12(14-7-6-13-4-2-3-5-15(13)10-14)22-11-17-18-19-20-21(17)16-8-9-16/h2-7,10,12,16H,8-9,11H2,1H3. The summed E-state index contributed by atoms with van der Waals surface area (Å²) in [6, 6.07) is 15.8. The van der Waals surface area contributed by atoms with Crippen LogP contribution in [0.2, 0.25) is 0 Å². The van der Waals surface area contributed by atoms with Crippen LogP contribution in [0.4, 0.5) is 0 Å². The number of tetrazole rings is 1. The highest BCUT2D eigenvalue weighted by molar-refractivity contribution is 7.98. The highest BCUT2D eigenvalue weighted by Gasteiger charge is 2.27. The van der Waals surface area contributed by atoms with Crippen LogP contribution in [0.25, 0.3) is 10.8 Å². The second-order valence-electron chi connectivity index (χ2n) is 5.83. The van der Waals surface area contributed by atoms with E-state index in [1.54, 1.807) is 0 Å². The molecule has 0 spiro atoms. The van der Waals surface area contributed by atoms with Gasteiger partial charge in [0.05, 0.1) is 11.8 Å². The molecule has 0 bridgehead atoms. The molecule has 1 atom stereocenters. The van der Waals surface area contributed by atoms with E-state index in [2.05, 4.69) is 64.9 Å². The van der Waals surface area contributed by atoms with E-state index in [9.17, 15) is 0 Å². The summed E-state index contributed by atoms with van der Waals surface area (Å²) in [5.74, 6) is 1.86. The Hall–Kier alpha value is -1.88. The highest BCUT2D eigenvalue weighted by Crippen LogP contribution is 2.37. The molecule has 1 heterocycles. The fourth-order valence-electron chi connectivity index (χ4n) is 2.67. The van der Waals surface area contributed by atoms with Gasteiger partial charge >= 0.3 is 0 Å².